The molecular weight excluding hydrogens is 360 g/mol. The molecule has 1 heterocycles. The minimum atomic E-state index is -0.286. The van der Waals surface area contributed by atoms with Crippen molar-refractivity contribution in [3.63, 3.8) is 0 Å². The summed E-state index contributed by atoms with van der Waals surface area (Å²) in [5.74, 6) is 0.494. The van der Waals surface area contributed by atoms with Gasteiger partial charge in [-0.3, -0.25) is 0 Å². The number of ether oxygens (including phenoxy) is 1. The number of benzene rings is 1. The van der Waals surface area contributed by atoms with Gasteiger partial charge in [-0.2, -0.15) is 0 Å². The number of halogens is 2. The maximum atomic E-state index is 13.6. The van der Waals surface area contributed by atoms with Crippen LogP contribution in [0.25, 0.3) is 11.4 Å². The summed E-state index contributed by atoms with van der Waals surface area (Å²) in [6.45, 7) is 2.05. The van der Waals surface area contributed by atoms with Crippen LogP contribution in [0.4, 0.5) is 10.2 Å². The Kier molecular flexibility index (Phi) is 4.31. The fourth-order valence-corrected chi connectivity index (χ4v) is 2.00. The number of hydrogen-bond donors (Lipinski definition) is 1. The summed E-state index contributed by atoms with van der Waals surface area (Å²) in [5.41, 5.74) is 7.73. The first-order chi connectivity index (χ1) is 9.02. The van der Waals surface area contributed by atoms with Crippen LogP contribution in [0.3, 0.4) is 0 Å². The summed E-state index contributed by atoms with van der Waals surface area (Å²) in [7, 11) is 1.58. The molecule has 2 aromatic rings. The molecule has 6 heteroatoms. The number of rotatable bonds is 3. The average molecular weight is 373 g/mol. The molecule has 19 heavy (non-hydrogen) atoms. The molecule has 0 unspecified atom stereocenters. The first kappa shape index (κ1) is 14.1. The summed E-state index contributed by atoms with van der Waals surface area (Å²) in [4.78, 5) is 8.57. The number of nitrogen functional groups attached to an aromatic ring is 1. The lowest BCUT2D eigenvalue weighted by Gasteiger charge is -2.09. The Hall–Kier alpha value is -1.28. The van der Waals surface area contributed by atoms with Gasteiger partial charge in [-0.05, 0) is 41.1 Å². The van der Waals surface area contributed by atoms with Crippen molar-refractivity contribution in [3.8, 4) is 11.4 Å². The van der Waals surface area contributed by atoms with E-state index in [9.17, 15) is 4.39 Å². The molecule has 0 fully saturated rings. The van der Waals surface area contributed by atoms with Crippen molar-refractivity contribution >= 4 is 28.4 Å². The van der Waals surface area contributed by atoms with Crippen LogP contribution in [-0.4, -0.2) is 17.1 Å². The van der Waals surface area contributed by atoms with E-state index in [0.29, 0.717) is 35.1 Å². The van der Waals surface area contributed by atoms with Gasteiger partial charge in [0.2, 0.25) is 0 Å². The van der Waals surface area contributed by atoms with E-state index in [1.807, 2.05) is 0 Å². The minimum Gasteiger partial charge on any atom is -0.383 e. The number of anilines is 1. The lowest BCUT2D eigenvalue weighted by Crippen LogP contribution is -2.06. The van der Waals surface area contributed by atoms with E-state index in [-0.39, 0.29) is 5.82 Å². The molecule has 4 nitrogen and oxygen atoms in total. The van der Waals surface area contributed by atoms with Crippen molar-refractivity contribution in [2.75, 3.05) is 12.8 Å². The standard InChI is InChI=1S/C13H13FIN3O/c1-7-3-4-8(5-9(7)14)13-17-10(6-19-2)11(15)12(16)18-13/h3-5H,6H2,1-2H3,(H2,16,17,18). The van der Waals surface area contributed by atoms with Crippen LogP contribution in [0.5, 0.6) is 0 Å². The molecule has 2 rings (SSSR count). The zero-order chi connectivity index (χ0) is 14.0. The highest BCUT2D eigenvalue weighted by Gasteiger charge is 2.12. The second-order valence-corrected chi connectivity index (χ2v) is 5.17. The summed E-state index contributed by atoms with van der Waals surface area (Å²) in [6.07, 6.45) is 0. The lowest BCUT2D eigenvalue weighted by molar-refractivity contribution is 0.181. The number of hydrogen-bond acceptors (Lipinski definition) is 4. The van der Waals surface area contributed by atoms with Gasteiger partial charge in [-0.25, -0.2) is 14.4 Å². The van der Waals surface area contributed by atoms with Crippen LogP contribution >= 0.6 is 22.6 Å². The average Bonchev–Trinajstić information content (AvgIpc) is 2.38. The Morgan fingerprint density at radius 3 is 2.74 bits per heavy atom. The minimum absolute atomic E-state index is 0.286. The fraction of sp³-hybridized carbons (Fsp3) is 0.231. The SMILES string of the molecule is COCc1nc(-c2ccc(C)c(F)c2)nc(N)c1I. The van der Waals surface area contributed by atoms with Gasteiger partial charge in [0.1, 0.15) is 11.6 Å². The van der Waals surface area contributed by atoms with Gasteiger partial charge in [-0.15, -0.1) is 0 Å². The maximum Gasteiger partial charge on any atom is 0.162 e. The highest BCUT2D eigenvalue weighted by molar-refractivity contribution is 14.1. The molecule has 0 aliphatic carbocycles. The molecule has 100 valence electrons. The largest absolute Gasteiger partial charge is 0.383 e. The summed E-state index contributed by atoms with van der Waals surface area (Å²) < 4.78 is 19.4. The topological polar surface area (TPSA) is 61.0 Å². The Balaban J connectivity index is 2.52. The van der Waals surface area contributed by atoms with Crippen LogP contribution in [-0.2, 0) is 11.3 Å². The smallest absolute Gasteiger partial charge is 0.162 e. The van der Waals surface area contributed by atoms with Crippen molar-refractivity contribution in [3.05, 3.63) is 38.8 Å². The Morgan fingerprint density at radius 1 is 1.37 bits per heavy atom. The van der Waals surface area contributed by atoms with Gasteiger partial charge in [-0.1, -0.05) is 12.1 Å². The third-order valence-corrected chi connectivity index (χ3v) is 3.83. The first-order valence-electron chi connectivity index (χ1n) is 5.60. The van der Waals surface area contributed by atoms with Crippen molar-refractivity contribution in [1.82, 2.24) is 9.97 Å². The first-order valence-corrected chi connectivity index (χ1v) is 6.68. The molecular formula is C13H13FIN3O. The third-order valence-electron chi connectivity index (χ3n) is 2.66. The van der Waals surface area contributed by atoms with Gasteiger partial charge in [0.25, 0.3) is 0 Å². The number of nitrogens with zero attached hydrogens (tertiary/aromatic N) is 2. The van der Waals surface area contributed by atoms with Gasteiger partial charge in [0, 0.05) is 12.7 Å². The molecule has 2 N–H and O–H groups in total. The van der Waals surface area contributed by atoms with Crippen molar-refractivity contribution in [2.45, 2.75) is 13.5 Å². The van der Waals surface area contributed by atoms with E-state index in [4.69, 9.17) is 10.5 Å². The van der Waals surface area contributed by atoms with E-state index in [2.05, 4.69) is 32.6 Å². The molecule has 0 saturated carbocycles. The van der Waals surface area contributed by atoms with Gasteiger partial charge in [0.15, 0.2) is 5.82 Å². The normalized spacial score (nSPS) is 10.7. The summed E-state index contributed by atoms with van der Waals surface area (Å²) in [6, 6.07) is 4.88. The quantitative estimate of drug-likeness (QED) is 0.841. The van der Waals surface area contributed by atoms with E-state index < -0.39 is 0 Å². The fourth-order valence-electron chi connectivity index (χ4n) is 1.61. The Labute approximate surface area is 124 Å². The molecule has 0 radical (unpaired) electrons. The highest BCUT2D eigenvalue weighted by atomic mass is 127. The number of aromatic nitrogens is 2. The zero-order valence-electron chi connectivity index (χ0n) is 10.6. The van der Waals surface area contributed by atoms with Crippen LogP contribution in [0.1, 0.15) is 11.3 Å². The second-order valence-electron chi connectivity index (χ2n) is 4.09. The van der Waals surface area contributed by atoms with Crippen molar-refractivity contribution < 1.29 is 9.13 Å². The van der Waals surface area contributed by atoms with E-state index in [0.717, 1.165) is 3.57 Å². The third kappa shape index (κ3) is 3.01. The number of nitrogens with two attached hydrogens (primary N) is 1. The molecule has 1 aromatic carbocycles. The number of aryl methyl sites for hydroxylation is 1. The number of methoxy groups -OCH3 is 1. The summed E-state index contributed by atoms with van der Waals surface area (Å²) in [5, 5.41) is 0. The van der Waals surface area contributed by atoms with E-state index >= 15 is 0 Å². The Morgan fingerprint density at radius 2 is 2.11 bits per heavy atom. The highest BCUT2D eigenvalue weighted by Crippen LogP contribution is 2.24. The van der Waals surface area contributed by atoms with Gasteiger partial charge in [0.05, 0.1) is 15.9 Å². The Bertz CT molecular complexity index is 619. The predicted molar refractivity (Wildman–Crippen MR) is 80.0 cm³/mol. The lowest BCUT2D eigenvalue weighted by atomic mass is 10.1. The molecule has 0 aliphatic rings. The van der Waals surface area contributed by atoms with E-state index in [1.54, 1.807) is 26.2 Å². The molecule has 0 bridgehead atoms. The van der Waals surface area contributed by atoms with Crippen LogP contribution in [0.2, 0.25) is 0 Å². The van der Waals surface area contributed by atoms with Crippen molar-refractivity contribution in [1.29, 1.82) is 0 Å². The predicted octanol–water partition coefficient (Wildman–Crippen LogP) is 2.92. The molecule has 0 spiro atoms. The second kappa shape index (κ2) is 5.79. The summed E-state index contributed by atoms with van der Waals surface area (Å²) >= 11 is 2.07. The molecule has 0 saturated heterocycles. The molecule has 0 amide bonds. The van der Waals surface area contributed by atoms with Crippen LogP contribution in [0, 0.1) is 16.3 Å². The maximum absolute atomic E-state index is 13.6. The van der Waals surface area contributed by atoms with Gasteiger partial charge < -0.3 is 10.5 Å². The zero-order valence-corrected chi connectivity index (χ0v) is 12.7. The van der Waals surface area contributed by atoms with Crippen molar-refractivity contribution in [2.24, 2.45) is 0 Å². The van der Waals surface area contributed by atoms with Gasteiger partial charge >= 0.3 is 0 Å². The molecule has 1 aromatic heterocycles. The van der Waals surface area contributed by atoms with Crippen LogP contribution in [0.15, 0.2) is 18.2 Å². The van der Waals surface area contributed by atoms with E-state index in [1.165, 1.54) is 6.07 Å². The monoisotopic (exact) mass is 373 g/mol. The molecule has 0 aliphatic heterocycles. The molecule has 0 atom stereocenters. The van der Waals surface area contributed by atoms with Crippen LogP contribution < -0.4 is 5.73 Å².